The molecule has 2 fully saturated rings. The third-order valence-corrected chi connectivity index (χ3v) is 6.64. The van der Waals surface area contributed by atoms with Crippen molar-refractivity contribution in [3.63, 3.8) is 0 Å². The van der Waals surface area contributed by atoms with Crippen molar-refractivity contribution < 1.29 is 22.8 Å². The number of hydrogen-bond donors (Lipinski definition) is 1. The third-order valence-electron chi connectivity index (χ3n) is 6.64. The van der Waals surface area contributed by atoms with Gasteiger partial charge in [-0.15, -0.1) is 0 Å². The maximum Gasteiger partial charge on any atom is 0.433 e. The minimum absolute atomic E-state index is 0.0146. The molecule has 3 aromatic rings. The van der Waals surface area contributed by atoms with Crippen LogP contribution >= 0.6 is 0 Å². The highest BCUT2D eigenvalue weighted by Gasteiger charge is 2.46. The molecule has 2 saturated heterocycles. The predicted molar refractivity (Wildman–Crippen MR) is 123 cm³/mol. The number of fused-ring (bicyclic) bond motifs is 1. The maximum atomic E-state index is 12.9. The fourth-order valence-electron chi connectivity index (χ4n) is 5.04. The number of nitrogens with one attached hydrogen (secondary N) is 1. The lowest BCUT2D eigenvalue weighted by Gasteiger charge is -2.54. The summed E-state index contributed by atoms with van der Waals surface area (Å²) in [5, 5.41) is 7.70. The van der Waals surface area contributed by atoms with Crippen molar-refractivity contribution in [2.45, 2.75) is 25.6 Å². The summed E-state index contributed by atoms with van der Waals surface area (Å²) >= 11 is 0. The zero-order chi connectivity index (χ0) is 24.8. The Morgan fingerprint density at radius 1 is 1.14 bits per heavy atom. The Labute approximate surface area is 199 Å². The minimum Gasteiger partial charge on any atom is -0.340 e. The van der Waals surface area contributed by atoms with E-state index in [0.717, 1.165) is 51.2 Å². The Hall–Kier alpha value is -3.47. The van der Waals surface area contributed by atoms with Gasteiger partial charge in [-0.1, -0.05) is 6.07 Å². The average molecular weight is 486 g/mol. The van der Waals surface area contributed by atoms with Gasteiger partial charge in [0.25, 0.3) is 5.91 Å². The van der Waals surface area contributed by atoms with Gasteiger partial charge >= 0.3 is 6.18 Å². The van der Waals surface area contributed by atoms with Crippen LogP contribution in [0, 0.1) is 5.41 Å². The van der Waals surface area contributed by atoms with Crippen LogP contribution in [0.15, 0.2) is 42.6 Å². The molecule has 0 aliphatic carbocycles. The highest BCUT2D eigenvalue weighted by atomic mass is 19.4. The summed E-state index contributed by atoms with van der Waals surface area (Å²) in [6, 6.07) is 8.12. The van der Waals surface area contributed by atoms with E-state index >= 15 is 0 Å². The molecule has 35 heavy (non-hydrogen) atoms. The van der Waals surface area contributed by atoms with Gasteiger partial charge in [0, 0.05) is 42.3 Å². The molecule has 4 heterocycles. The number of halogens is 3. The molecule has 0 atom stereocenters. The first-order valence-electron chi connectivity index (χ1n) is 11.4. The third kappa shape index (κ3) is 4.86. The van der Waals surface area contributed by atoms with E-state index < -0.39 is 17.8 Å². The number of nitrogens with zero attached hydrogens (tertiary/aromatic N) is 5. The molecule has 184 valence electrons. The van der Waals surface area contributed by atoms with Crippen LogP contribution in [0.5, 0.6) is 0 Å². The fraction of sp³-hybridized carbons (Fsp3) is 0.417. The normalized spacial score (nSPS) is 18.0. The van der Waals surface area contributed by atoms with Crippen LogP contribution in [0.4, 0.5) is 18.9 Å². The van der Waals surface area contributed by atoms with Crippen molar-refractivity contribution in [3.05, 3.63) is 54.0 Å². The Bertz CT molecular complexity index is 1280. The molecule has 2 amide bonds. The van der Waals surface area contributed by atoms with Crippen molar-refractivity contribution in [3.8, 4) is 0 Å². The van der Waals surface area contributed by atoms with E-state index in [1.807, 2.05) is 4.90 Å². The molecule has 11 heteroatoms. The smallest absolute Gasteiger partial charge is 0.340 e. The predicted octanol–water partition coefficient (Wildman–Crippen LogP) is 3.26. The number of benzene rings is 1. The molecule has 1 spiro atoms. The number of carbonyl (C=O) groups is 2. The number of pyridine rings is 1. The largest absolute Gasteiger partial charge is 0.433 e. The van der Waals surface area contributed by atoms with Gasteiger partial charge in [0.15, 0.2) is 0 Å². The molecule has 2 aliphatic heterocycles. The molecular weight excluding hydrogens is 461 g/mol. The molecule has 0 saturated carbocycles. The fourth-order valence-corrected chi connectivity index (χ4v) is 5.04. The number of alkyl halides is 3. The number of anilines is 1. The first-order chi connectivity index (χ1) is 16.6. The molecular formula is C24H25F3N6O2. The van der Waals surface area contributed by atoms with Crippen LogP contribution in [0.25, 0.3) is 10.9 Å². The maximum absolute atomic E-state index is 12.9. The average Bonchev–Trinajstić information content (AvgIpc) is 3.18. The lowest BCUT2D eigenvalue weighted by Crippen LogP contribution is -2.64. The first-order valence-corrected chi connectivity index (χ1v) is 11.4. The SMILES string of the molecule is CN1CCCC2(C1)CN(C(=O)Cn1cc3cc(NC(=O)c4cccc(C(F)(F)F)n4)ccc3n1)C2. The zero-order valence-corrected chi connectivity index (χ0v) is 19.2. The number of aromatic nitrogens is 3. The summed E-state index contributed by atoms with van der Waals surface area (Å²) in [5.74, 6) is -0.737. The van der Waals surface area contributed by atoms with E-state index in [4.69, 9.17) is 0 Å². The van der Waals surface area contributed by atoms with Crippen molar-refractivity contribution in [1.29, 1.82) is 0 Å². The van der Waals surface area contributed by atoms with Gasteiger partial charge in [0.05, 0.1) is 5.52 Å². The van der Waals surface area contributed by atoms with E-state index in [1.165, 1.54) is 6.07 Å². The zero-order valence-electron chi connectivity index (χ0n) is 19.2. The number of likely N-dealkylation sites (tertiary alicyclic amines) is 2. The molecule has 0 bridgehead atoms. The Kier molecular flexibility index (Phi) is 5.74. The van der Waals surface area contributed by atoms with Crippen LogP contribution in [0.2, 0.25) is 0 Å². The van der Waals surface area contributed by atoms with E-state index in [1.54, 1.807) is 29.1 Å². The summed E-state index contributed by atoms with van der Waals surface area (Å²) < 4.78 is 40.2. The van der Waals surface area contributed by atoms with Crippen LogP contribution < -0.4 is 5.32 Å². The molecule has 0 unspecified atom stereocenters. The second-order valence-corrected chi connectivity index (χ2v) is 9.55. The van der Waals surface area contributed by atoms with E-state index in [9.17, 15) is 22.8 Å². The number of piperidine rings is 1. The van der Waals surface area contributed by atoms with Gasteiger partial charge in [0.1, 0.15) is 17.9 Å². The van der Waals surface area contributed by atoms with Gasteiger partial charge in [-0.2, -0.15) is 18.3 Å². The van der Waals surface area contributed by atoms with Gasteiger partial charge in [0.2, 0.25) is 5.91 Å². The molecule has 1 aromatic carbocycles. The lowest BCUT2D eigenvalue weighted by atomic mass is 9.73. The van der Waals surface area contributed by atoms with Crippen LogP contribution in [-0.2, 0) is 17.5 Å². The second kappa shape index (κ2) is 8.63. The quantitative estimate of drug-likeness (QED) is 0.612. The summed E-state index contributed by atoms with van der Waals surface area (Å²) in [4.78, 5) is 32.8. The lowest BCUT2D eigenvalue weighted by molar-refractivity contribution is -0.147. The number of hydrogen-bond acceptors (Lipinski definition) is 5. The summed E-state index contributed by atoms with van der Waals surface area (Å²) in [7, 11) is 2.12. The van der Waals surface area contributed by atoms with E-state index in [0.29, 0.717) is 16.6 Å². The Morgan fingerprint density at radius 2 is 1.94 bits per heavy atom. The number of amides is 2. The van der Waals surface area contributed by atoms with E-state index in [2.05, 4.69) is 27.3 Å². The topological polar surface area (TPSA) is 83.4 Å². The van der Waals surface area contributed by atoms with Gasteiger partial charge in [-0.05, 0) is 56.8 Å². The molecule has 5 rings (SSSR count). The Balaban J connectivity index is 1.23. The highest BCUT2D eigenvalue weighted by molar-refractivity contribution is 6.03. The van der Waals surface area contributed by atoms with Crippen molar-refractivity contribution in [2.24, 2.45) is 5.41 Å². The van der Waals surface area contributed by atoms with Gasteiger partial charge < -0.3 is 15.1 Å². The molecule has 2 aromatic heterocycles. The van der Waals surface area contributed by atoms with Crippen molar-refractivity contribution in [1.82, 2.24) is 24.6 Å². The Morgan fingerprint density at radius 3 is 2.69 bits per heavy atom. The number of carbonyl (C=O) groups excluding carboxylic acids is 2. The van der Waals surface area contributed by atoms with Crippen LogP contribution in [0.1, 0.15) is 29.0 Å². The molecule has 1 N–H and O–H groups in total. The second-order valence-electron chi connectivity index (χ2n) is 9.55. The van der Waals surface area contributed by atoms with Crippen molar-refractivity contribution >= 4 is 28.4 Å². The molecule has 2 aliphatic rings. The minimum atomic E-state index is -4.63. The van der Waals surface area contributed by atoms with Crippen molar-refractivity contribution in [2.75, 3.05) is 38.5 Å². The summed E-state index contributed by atoms with van der Waals surface area (Å²) in [6.45, 7) is 3.80. The van der Waals surface area contributed by atoms with Crippen LogP contribution in [0.3, 0.4) is 0 Å². The van der Waals surface area contributed by atoms with Gasteiger partial charge in [-0.3, -0.25) is 14.3 Å². The van der Waals surface area contributed by atoms with Crippen LogP contribution in [-0.4, -0.2) is 69.6 Å². The number of rotatable bonds is 4. The monoisotopic (exact) mass is 486 g/mol. The van der Waals surface area contributed by atoms with E-state index in [-0.39, 0.29) is 23.6 Å². The molecule has 0 radical (unpaired) electrons. The first kappa shape index (κ1) is 23.3. The summed E-state index contributed by atoms with van der Waals surface area (Å²) in [6.07, 6.45) is -0.608. The summed E-state index contributed by atoms with van der Waals surface area (Å²) in [5.41, 5.74) is -0.215. The standard InChI is InChI=1S/C24H25F3N6O2/c1-31-9-3-8-23(13-31)14-32(15-23)21(34)12-33-11-16-10-17(6-7-18(16)30-33)28-22(35)19-4-2-5-20(29-19)24(25,26)27/h2,4-7,10-11H,3,8-9,12-15H2,1H3,(H,28,35). The molecule has 8 nitrogen and oxygen atoms in total. The highest BCUT2D eigenvalue weighted by Crippen LogP contribution is 2.38. The van der Waals surface area contributed by atoms with Gasteiger partial charge in [-0.25, -0.2) is 4.98 Å².